The zero-order valence-corrected chi connectivity index (χ0v) is 19.0. The largest absolute Gasteiger partial charge is 0.493 e. The van der Waals surface area contributed by atoms with Crippen molar-refractivity contribution in [1.82, 2.24) is 5.32 Å². The molecule has 3 aromatic rings. The molecule has 0 heterocycles. The van der Waals surface area contributed by atoms with Gasteiger partial charge >= 0.3 is 0 Å². The van der Waals surface area contributed by atoms with E-state index in [1.165, 1.54) is 29.5 Å². The third-order valence-electron chi connectivity index (χ3n) is 6.15. The second-order valence-corrected chi connectivity index (χ2v) is 8.44. The number of hydrogen-bond donors (Lipinski definition) is 1. The molecule has 1 aliphatic rings. The maximum Gasteiger partial charge on any atom is 0.160 e. The molecular weight excluding hydrogens is 402 g/mol. The molecule has 0 amide bonds. The predicted octanol–water partition coefficient (Wildman–Crippen LogP) is 6.36. The van der Waals surface area contributed by atoms with Gasteiger partial charge < -0.3 is 14.8 Å². The zero-order valence-electron chi connectivity index (χ0n) is 18.1. The van der Waals surface area contributed by atoms with Crippen molar-refractivity contribution in [3.8, 4) is 22.6 Å². The Balaban J connectivity index is 1.54. The molecule has 0 aromatic heterocycles. The summed E-state index contributed by atoms with van der Waals surface area (Å²) < 4.78 is 11.0. The quantitative estimate of drug-likeness (QED) is 0.460. The number of nitrogens with one attached hydrogen (secondary N) is 1. The lowest BCUT2D eigenvalue weighted by Gasteiger charge is -2.33. The first-order chi connectivity index (χ1) is 15.2. The number of ether oxygens (including phenoxy) is 2. The summed E-state index contributed by atoms with van der Waals surface area (Å²) in [4.78, 5) is 0.815. The van der Waals surface area contributed by atoms with Crippen LogP contribution in [0.4, 0.5) is 0 Å². The molecular formula is C27H29NO2S. The van der Waals surface area contributed by atoms with Gasteiger partial charge in [-0.15, -0.1) is 0 Å². The highest BCUT2D eigenvalue weighted by Gasteiger charge is 2.28. The molecule has 0 aliphatic heterocycles. The van der Waals surface area contributed by atoms with E-state index < -0.39 is 0 Å². The van der Waals surface area contributed by atoms with Crippen molar-refractivity contribution in [2.45, 2.75) is 37.6 Å². The topological polar surface area (TPSA) is 30.5 Å². The van der Waals surface area contributed by atoms with Crippen LogP contribution in [0.15, 0.2) is 72.8 Å². The lowest BCUT2D eigenvalue weighted by molar-refractivity contribution is 0.346. The minimum absolute atomic E-state index is 0.305. The summed E-state index contributed by atoms with van der Waals surface area (Å²) in [7, 11) is 3.36. The summed E-state index contributed by atoms with van der Waals surface area (Å²) in [6.45, 7) is 0. The Bertz CT molecular complexity index is 1030. The molecule has 0 radical (unpaired) electrons. The number of methoxy groups -OCH3 is 2. The highest BCUT2D eigenvalue weighted by Crippen LogP contribution is 2.37. The third-order valence-corrected chi connectivity index (χ3v) is 6.50. The SMILES string of the molecule is COc1ccc(C2CCCCC2NC(=S)c2cccc(-c3ccccc3)c2)cc1OC. The molecule has 1 saturated carbocycles. The first-order valence-electron chi connectivity index (χ1n) is 10.9. The van der Waals surface area contributed by atoms with Crippen LogP contribution in [0.25, 0.3) is 11.1 Å². The average Bonchev–Trinajstić information content (AvgIpc) is 2.84. The van der Waals surface area contributed by atoms with Crippen LogP contribution in [0.2, 0.25) is 0 Å². The van der Waals surface area contributed by atoms with Crippen LogP contribution in [0.5, 0.6) is 11.5 Å². The lowest BCUT2D eigenvalue weighted by Crippen LogP contribution is -2.40. The fourth-order valence-corrected chi connectivity index (χ4v) is 4.79. The maximum absolute atomic E-state index is 5.85. The molecule has 0 saturated heterocycles. The zero-order chi connectivity index (χ0) is 21.6. The molecule has 2 atom stereocenters. The van der Waals surface area contributed by atoms with Crippen LogP contribution in [-0.4, -0.2) is 25.2 Å². The van der Waals surface area contributed by atoms with Gasteiger partial charge in [0, 0.05) is 17.5 Å². The van der Waals surface area contributed by atoms with Crippen LogP contribution in [0.3, 0.4) is 0 Å². The lowest BCUT2D eigenvalue weighted by atomic mass is 9.79. The first-order valence-corrected chi connectivity index (χ1v) is 11.3. The molecule has 1 fully saturated rings. The van der Waals surface area contributed by atoms with E-state index in [0.29, 0.717) is 12.0 Å². The maximum atomic E-state index is 5.85. The number of hydrogen-bond acceptors (Lipinski definition) is 3. The van der Waals surface area contributed by atoms with E-state index >= 15 is 0 Å². The molecule has 4 heteroatoms. The fourth-order valence-electron chi connectivity index (χ4n) is 4.51. The van der Waals surface area contributed by atoms with Gasteiger partial charge in [-0.1, -0.05) is 79.7 Å². The number of thiocarbonyl (C=S) groups is 1. The molecule has 31 heavy (non-hydrogen) atoms. The summed E-state index contributed by atoms with van der Waals surface area (Å²) in [5.41, 5.74) is 4.72. The van der Waals surface area contributed by atoms with Crippen LogP contribution in [0, 0.1) is 0 Å². The van der Waals surface area contributed by atoms with Crippen molar-refractivity contribution in [3.05, 3.63) is 83.9 Å². The normalized spacial score (nSPS) is 18.3. The molecule has 3 nitrogen and oxygen atoms in total. The van der Waals surface area contributed by atoms with Crippen LogP contribution >= 0.6 is 12.2 Å². The van der Waals surface area contributed by atoms with Crippen LogP contribution in [-0.2, 0) is 0 Å². The van der Waals surface area contributed by atoms with E-state index in [1.54, 1.807) is 14.2 Å². The van der Waals surface area contributed by atoms with Crippen molar-refractivity contribution < 1.29 is 9.47 Å². The van der Waals surface area contributed by atoms with Gasteiger partial charge in [-0.2, -0.15) is 0 Å². The third kappa shape index (κ3) is 4.91. The van der Waals surface area contributed by atoms with E-state index in [9.17, 15) is 0 Å². The van der Waals surface area contributed by atoms with Gasteiger partial charge in [0.15, 0.2) is 11.5 Å². The Morgan fingerprint density at radius 2 is 1.55 bits per heavy atom. The summed E-state index contributed by atoms with van der Waals surface area (Å²) in [5, 5.41) is 3.69. The minimum atomic E-state index is 0.305. The molecule has 4 rings (SSSR count). The number of rotatable bonds is 6. The van der Waals surface area contributed by atoms with Crippen LogP contribution < -0.4 is 14.8 Å². The molecule has 2 unspecified atom stereocenters. The Morgan fingerprint density at radius 1 is 0.806 bits per heavy atom. The highest BCUT2D eigenvalue weighted by molar-refractivity contribution is 7.80. The van der Waals surface area contributed by atoms with Gasteiger partial charge in [0.25, 0.3) is 0 Å². The molecule has 3 aromatic carbocycles. The smallest absolute Gasteiger partial charge is 0.160 e. The summed E-state index contributed by atoms with van der Waals surface area (Å²) in [5.74, 6) is 1.94. The number of benzene rings is 3. The summed E-state index contributed by atoms with van der Waals surface area (Å²) in [6.07, 6.45) is 4.69. The van der Waals surface area contributed by atoms with Gasteiger partial charge in [-0.3, -0.25) is 0 Å². The second kappa shape index (κ2) is 9.97. The molecule has 0 bridgehead atoms. The predicted molar refractivity (Wildman–Crippen MR) is 131 cm³/mol. The second-order valence-electron chi connectivity index (χ2n) is 8.03. The van der Waals surface area contributed by atoms with E-state index in [4.69, 9.17) is 21.7 Å². The van der Waals surface area contributed by atoms with E-state index in [2.05, 4.69) is 66.0 Å². The van der Waals surface area contributed by atoms with Gasteiger partial charge in [0.05, 0.1) is 14.2 Å². The molecule has 1 N–H and O–H groups in total. The van der Waals surface area contributed by atoms with Crippen molar-refractivity contribution >= 4 is 17.2 Å². The highest BCUT2D eigenvalue weighted by atomic mass is 32.1. The van der Waals surface area contributed by atoms with Crippen molar-refractivity contribution in [1.29, 1.82) is 0 Å². The monoisotopic (exact) mass is 431 g/mol. The van der Waals surface area contributed by atoms with Gasteiger partial charge in [-0.25, -0.2) is 0 Å². The summed E-state index contributed by atoms with van der Waals surface area (Å²) in [6, 6.07) is 25.5. The standard InChI is InChI=1S/C27H29NO2S/c1-29-25-16-15-21(18-26(25)30-2)23-13-6-7-14-24(23)28-27(31)22-12-8-11-20(17-22)19-9-4-3-5-10-19/h3-5,8-12,15-18,23-24H,6-7,13-14H2,1-2H3,(H,28,31). The Morgan fingerprint density at radius 3 is 2.32 bits per heavy atom. The minimum Gasteiger partial charge on any atom is -0.493 e. The van der Waals surface area contributed by atoms with E-state index in [1.807, 2.05) is 12.1 Å². The molecule has 1 aliphatic carbocycles. The van der Waals surface area contributed by atoms with Gasteiger partial charge in [-0.05, 0) is 47.7 Å². The molecule has 160 valence electrons. The fraction of sp³-hybridized carbons (Fsp3) is 0.296. The van der Waals surface area contributed by atoms with Crippen molar-refractivity contribution in [2.75, 3.05) is 14.2 Å². The van der Waals surface area contributed by atoms with Crippen molar-refractivity contribution in [2.24, 2.45) is 0 Å². The van der Waals surface area contributed by atoms with Gasteiger partial charge in [0.2, 0.25) is 0 Å². The Labute approximate surface area is 190 Å². The average molecular weight is 432 g/mol. The Kier molecular flexibility index (Phi) is 6.88. The van der Waals surface area contributed by atoms with Gasteiger partial charge in [0.1, 0.15) is 4.99 Å². The van der Waals surface area contributed by atoms with Crippen LogP contribution in [0.1, 0.15) is 42.7 Å². The first kappa shape index (κ1) is 21.4. The van der Waals surface area contributed by atoms with Crippen molar-refractivity contribution in [3.63, 3.8) is 0 Å². The Hall–Kier alpha value is -2.85. The summed E-state index contributed by atoms with van der Waals surface area (Å²) >= 11 is 5.85. The van der Waals surface area contributed by atoms with E-state index in [-0.39, 0.29) is 0 Å². The molecule has 0 spiro atoms. The van der Waals surface area contributed by atoms with E-state index in [0.717, 1.165) is 34.9 Å².